The van der Waals surface area contributed by atoms with E-state index in [-0.39, 0.29) is 11.3 Å². The summed E-state index contributed by atoms with van der Waals surface area (Å²) in [5.74, 6) is -1.43. The summed E-state index contributed by atoms with van der Waals surface area (Å²) in [5.41, 5.74) is 2.78. The quantitative estimate of drug-likeness (QED) is 0.695. The van der Waals surface area contributed by atoms with Crippen LogP contribution in [0.25, 0.3) is 0 Å². The number of rotatable bonds is 4. The van der Waals surface area contributed by atoms with Gasteiger partial charge in [-0.15, -0.1) is 0 Å². The number of para-hydroxylation sites is 1. The smallest absolute Gasteiger partial charge is 0.293 e. The van der Waals surface area contributed by atoms with Crippen LogP contribution in [-0.4, -0.2) is 56.9 Å². The standard InChI is InChI=1S/C25H30ClN3O3/c1-3-24(2)16-31-25(32-17-24)21-9-4-5-10-22(21)29(23(25)30)18-27-11-13-28(14-12-27)20-8-6-7-19(26)15-20/h4-10,15H,3,11-14,16-18H2,1-2H3. The van der Waals surface area contributed by atoms with Crippen LogP contribution in [0.3, 0.4) is 0 Å². The zero-order valence-electron chi connectivity index (χ0n) is 18.7. The second-order valence-electron chi connectivity index (χ2n) is 9.33. The van der Waals surface area contributed by atoms with Crippen molar-refractivity contribution in [2.24, 2.45) is 5.41 Å². The minimum atomic E-state index is -1.31. The van der Waals surface area contributed by atoms with Crippen molar-refractivity contribution in [3.05, 3.63) is 59.1 Å². The molecular weight excluding hydrogens is 426 g/mol. The van der Waals surface area contributed by atoms with Crippen molar-refractivity contribution in [2.75, 3.05) is 55.9 Å². The molecule has 170 valence electrons. The van der Waals surface area contributed by atoms with E-state index in [1.807, 2.05) is 47.4 Å². The number of nitrogens with zero attached hydrogens (tertiary/aromatic N) is 3. The van der Waals surface area contributed by atoms with Gasteiger partial charge < -0.3 is 14.4 Å². The number of carbonyl (C=O) groups excluding carboxylic acids is 1. The third-order valence-electron chi connectivity index (χ3n) is 7.06. The normalized spacial score (nSPS) is 28.4. The molecule has 6 nitrogen and oxygen atoms in total. The summed E-state index contributed by atoms with van der Waals surface area (Å²) in [6.07, 6.45) is 0.944. The molecule has 5 rings (SSSR count). The Morgan fingerprint density at radius 1 is 1.00 bits per heavy atom. The Kier molecular flexibility index (Phi) is 5.66. The van der Waals surface area contributed by atoms with E-state index < -0.39 is 5.79 Å². The predicted molar refractivity (Wildman–Crippen MR) is 126 cm³/mol. The average molecular weight is 456 g/mol. The molecular formula is C25H30ClN3O3. The first-order chi connectivity index (χ1) is 15.4. The molecule has 2 fully saturated rings. The predicted octanol–water partition coefficient (Wildman–Crippen LogP) is 4.08. The van der Waals surface area contributed by atoms with E-state index in [1.165, 1.54) is 0 Å². The third kappa shape index (κ3) is 3.69. The van der Waals surface area contributed by atoms with Crippen molar-refractivity contribution >= 4 is 28.9 Å². The van der Waals surface area contributed by atoms with Crippen LogP contribution in [-0.2, 0) is 20.1 Å². The number of carbonyl (C=O) groups is 1. The zero-order chi connectivity index (χ0) is 22.3. The van der Waals surface area contributed by atoms with Crippen LogP contribution in [0.4, 0.5) is 11.4 Å². The van der Waals surface area contributed by atoms with Gasteiger partial charge in [0.2, 0.25) is 0 Å². The number of amides is 1. The molecule has 0 aliphatic carbocycles. The van der Waals surface area contributed by atoms with E-state index in [0.29, 0.717) is 19.9 Å². The Morgan fingerprint density at radius 2 is 1.72 bits per heavy atom. The summed E-state index contributed by atoms with van der Waals surface area (Å²) < 4.78 is 12.4. The largest absolute Gasteiger partial charge is 0.369 e. The molecule has 3 heterocycles. The first-order valence-corrected chi connectivity index (χ1v) is 11.7. The molecule has 0 bridgehead atoms. The van der Waals surface area contributed by atoms with Crippen LogP contribution in [0.2, 0.25) is 5.02 Å². The second kappa shape index (κ2) is 8.34. The van der Waals surface area contributed by atoms with Gasteiger partial charge in [-0.05, 0) is 30.7 Å². The van der Waals surface area contributed by atoms with E-state index in [9.17, 15) is 4.79 Å². The molecule has 7 heteroatoms. The van der Waals surface area contributed by atoms with Crippen LogP contribution in [0.15, 0.2) is 48.5 Å². The summed E-state index contributed by atoms with van der Waals surface area (Å²) in [6, 6.07) is 15.8. The lowest BCUT2D eigenvalue weighted by Crippen LogP contribution is -2.55. The molecule has 2 saturated heterocycles. The van der Waals surface area contributed by atoms with Crippen molar-refractivity contribution in [1.82, 2.24) is 4.90 Å². The SMILES string of the molecule is CCC1(C)COC2(OC1)C(=O)N(CN1CCN(c3cccc(Cl)c3)CC1)c1ccccc12. The van der Waals surface area contributed by atoms with Crippen molar-refractivity contribution in [2.45, 2.75) is 26.1 Å². The molecule has 0 N–H and O–H groups in total. The second-order valence-corrected chi connectivity index (χ2v) is 9.77. The van der Waals surface area contributed by atoms with Gasteiger partial charge in [0.1, 0.15) is 0 Å². The van der Waals surface area contributed by atoms with Gasteiger partial charge in [-0.1, -0.05) is 49.7 Å². The number of fused-ring (bicyclic) bond motifs is 2. The van der Waals surface area contributed by atoms with Gasteiger partial charge >= 0.3 is 0 Å². The Hall–Kier alpha value is -2.12. The van der Waals surface area contributed by atoms with Crippen LogP contribution in [0.1, 0.15) is 25.8 Å². The lowest BCUT2D eigenvalue weighted by Gasteiger charge is -2.42. The molecule has 0 atom stereocenters. The molecule has 0 unspecified atom stereocenters. The van der Waals surface area contributed by atoms with Gasteiger partial charge in [-0.25, -0.2) is 0 Å². The average Bonchev–Trinajstić information content (AvgIpc) is 3.05. The number of piperazine rings is 1. The summed E-state index contributed by atoms with van der Waals surface area (Å²) in [5, 5.41) is 0.751. The Balaban J connectivity index is 1.30. The molecule has 1 amide bonds. The molecule has 1 spiro atoms. The van der Waals surface area contributed by atoms with Gasteiger partial charge in [0.25, 0.3) is 11.7 Å². The summed E-state index contributed by atoms with van der Waals surface area (Å²) in [4.78, 5) is 20.1. The van der Waals surface area contributed by atoms with Gasteiger partial charge in [-0.2, -0.15) is 0 Å². The Labute approximate surface area is 194 Å². The molecule has 3 aliphatic heterocycles. The third-order valence-corrected chi connectivity index (χ3v) is 7.30. The highest BCUT2D eigenvalue weighted by molar-refractivity contribution is 6.30. The van der Waals surface area contributed by atoms with E-state index in [4.69, 9.17) is 21.1 Å². The van der Waals surface area contributed by atoms with E-state index in [0.717, 1.165) is 54.6 Å². The van der Waals surface area contributed by atoms with Gasteiger partial charge in [-0.3, -0.25) is 14.6 Å². The number of hydrogen-bond donors (Lipinski definition) is 0. The number of halogens is 1. The highest BCUT2D eigenvalue weighted by Crippen LogP contribution is 2.47. The number of hydrogen-bond acceptors (Lipinski definition) is 5. The van der Waals surface area contributed by atoms with E-state index in [1.54, 1.807) is 0 Å². The van der Waals surface area contributed by atoms with Crippen LogP contribution >= 0.6 is 11.6 Å². The van der Waals surface area contributed by atoms with Gasteiger partial charge in [0.05, 0.1) is 25.6 Å². The molecule has 0 saturated carbocycles. The number of ether oxygens (including phenoxy) is 2. The van der Waals surface area contributed by atoms with E-state index in [2.05, 4.69) is 29.7 Å². The fourth-order valence-electron chi connectivity index (χ4n) is 4.67. The van der Waals surface area contributed by atoms with Crippen LogP contribution < -0.4 is 9.80 Å². The van der Waals surface area contributed by atoms with Crippen molar-refractivity contribution < 1.29 is 14.3 Å². The molecule has 3 aliphatic rings. The lowest BCUT2D eigenvalue weighted by atomic mass is 9.88. The Bertz CT molecular complexity index is 997. The Morgan fingerprint density at radius 3 is 2.41 bits per heavy atom. The maximum Gasteiger partial charge on any atom is 0.293 e. The summed E-state index contributed by atoms with van der Waals surface area (Å²) in [6.45, 7) is 9.31. The van der Waals surface area contributed by atoms with E-state index >= 15 is 0 Å². The minimum Gasteiger partial charge on any atom is -0.369 e. The first-order valence-electron chi connectivity index (χ1n) is 11.4. The zero-order valence-corrected chi connectivity index (χ0v) is 19.5. The van der Waals surface area contributed by atoms with Crippen molar-refractivity contribution in [3.8, 4) is 0 Å². The number of benzene rings is 2. The topological polar surface area (TPSA) is 45.3 Å². The fourth-order valence-corrected chi connectivity index (χ4v) is 4.85. The highest BCUT2D eigenvalue weighted by Gasteiger charge is 2.57. The fraction of sp³-hybridized carbons (Fsp3) is 0.480. The van der Waals surface area contributed by atoms with Crippen LogP contribution in [0, 0.1) is 5.41 Å². The molecule has 0 aromatic heterocycles. The van der Waals surface area contributed by atoms with Gasteiger partial charge in [0, 0.05) is 47.9 Å². The highest BCUT2D eigenvalue weighted by atomic mass is 35.5. The molecule has 2 aromatic rings. The first kappa shape index (κ1) is 21.7. The van der Waals surface area contributed by atoms with Crippen molar-refractivity contribution in [3.63, 3.8) is 0 Å². The maximum absolute atomic E-state index is 13.7. The minimum absolute atomic E-state index is 0.0649. The monoisotopic (exact) mass is 455 g/mol. The summed E-state index contributed by atoms with van der Waals surface area (Å²) in [7, 11) is 0. The molecule has 0 radical (unpaired) electrons. The van der Waals surface area contributed by atoms with Crippen molar-refractivity contribution in [1.29, 1.82) is 0 Å². The lowest BCUT2D eigenvalue weighted by molar-refractivity contribution is -0.289. The van der Waals surface area contributed by atoms with Crippen LogP contribution in [0.5, 0.6) is 0 Å². The number of anilines is 2. The molecule has 32 heavy (non-hydrogen) atoms. The summed E-state index contributed by atoms with van der Waals surface area (Å²) >= 11 is 6.16. The molecule has 2 aromatic carbocycles. The van der Waals surface area contributed by atoms with Gasteiger partial charge in [0.15, 0.2) is 0 Å². The maximum atomic E-state index is 13.7.